The van der Waals surface area contributed by atoms with E-state index < -0.39 is 0 Å². The van der Waals surface area contributed by atoms with Gasteiger partial charge in [-0.15, -0.1) is 0 Å². The molecular formula is C20H27N5O4. The van der Waals surface area contributed by atoms with Crippen molar-refractivity contribution in [2.45, 2.75) is 44.4 Å². The first-order valence-electron chi connectivity index (χ1n) is 10.0. The first kappa shape index (κ1) is 19.8. The van der Waals surface area contributed by atoms with Gasteiger partial charge < -0.3 is 19.8 Å². The van der Waals surface area contributed by atoms with Crippen molar-refractivity contribution in [2.24, 2.45) is 0 Å². The lowest BCUT2D eigenvalue weighted by Crippen LogP contribution is -2.38. The number of ketones is 1. The quantitative estimate of drug-likeness (QED) is 0.747. The van der Waals surface area contributed by atoms with E-state index in [4.69, 9.17) is 9.47 Å². The van der Waals surface area contributed by atoms with Crippen molar-refractivity contribution < 1.29 is 19.1 Å². The molecule has 0 aromatic carbocycles. The van der Waals surface area contributed by atoms with Crippen molar-refractivity contribution in [2.75, 3.05) is 32.7 Å². The van der Waals surface area contributed by atoms with Crippen molar-refractivity contribution in [3.05, 3.63) is 29.6 Å². The lowest BCUT2D eigenvalue weighted by atomic mass is 10.1. The molecule has 1 saturated heterocycles. The Labute approximate surface area is 169 Å². The van der Waals surface area contributed by atoms with E-state index in [0.717, 1.165) is 30.5 Å². The zero-order chi connectivity index (χ0) is 20.4. The van der Waals surface area contributed by atoms with Crippen LogP contribution < -0.4 is 10.7 Å². The minimum Gasteiger partial charge on any atom is -0.383 e. The van der Waals surface area contributed by atoms with Crippen LogP contribution in [0.1, 0.15) is 44.0 Å². The molecule has 9 heteroatoms. The Kier molecular flexibility index (Phi) is 5.79. The number of likely N-dealkylation sites (N-methyl/N-ethyl adjacent to an activating group) is 1. The van der Waals surface area contributed by atoms with E-state index in [0.29, 0.717) is 37.6 Å². The van der Waals surface area contributed by atoms with Crippen LogP contribution in [-0.4, -0.2) is 59.9 Å². The van der Waals surface area contributed by atoms with Gasteiger partial charge in [-0.3, -0.25) is 9.59 Å². The third kappa shape index (κ3) is 4.26. The molecule has 0 saturated carbocycles. The van der Waals surface area contributed by atoms with Crippen molar-refractivity contribution in [1.29, 1.82) is 0 Å². The van der Waals surface area contributed by atoms with Crippen LogP contribution in [0.5, 0.6) is 0 Å². The lowest BCUT2D eigenvalue weighted by Gasteiger charge is -2.24. The number of allylic oxidation sites excluding steroid dienone is 2. The molecule has 3 heterocycles. The van der Waals surface area contributed by atoms with Gasteiger partial charge in [-0.1, -0.05) is 0 Å². The van der Waals surface area contributed by atoms with E-state index in [1.54, 1.807) is 25.2 Å². The predicted molar refractivity (Wildman–Crippen MR) is 107 cm³/mol. The SMILES string of the molecule is COCC1C=C(C(=O)Nc2cc(C3=CC(=O)CC3)n(C3CCCCO3)n2)N(C)N1. The number of anilines is 1. The van der Waals surface area contributed by atoms with E-state index in [9.17, 15) is 9.59 Å². The van der Waals surface area contributed by atoms with Crippen LogP contribution in [0.3, 0.4) is 0 Å². The molecule has 2 unspecified atom stereocenters. The minimum atomic E-state index is -0.254. The molecule has 2 atom stereocenters. The van der Waals surface area contributed by atoms with Gasteiger partial charge >= 0.3 is 0 Å². The molecule has 3 aliphatic rings. The monoisotopic (exact) mass is 401 g/mol. The molecule has 1 aromatic heterocycles. The molecule has 2 N–H and O–H groups in total. The van der Waals surface area contributed by atoms with Gasteiger partial charge in [0, 0.05) is 33.3 Å². The fourth-order valence-corrected chi connectivity index (χ4v) is 3.96. The normalized spacial score (nSPS) is 24.6. The summed E-state index contributed by atoms with van der Waals surface area (Å²) in [4.78, 5) is 24.5. The average molecular weight is 401 g/mol. The van der Waals surface area contributed by atoms with Crippen molar-refractivity contribution in [3.8, 4) is 0 Å². The highest BCUT2D eigenvalue weighted by Gasteiger charge is 2.28. The van der Waals surface area contributed by atoms with E-state index in [2.05, 4.69) is 15.8 Å². The van der Waals surface area contributed by atoms with Crippen LogP contribution >= 0.6 is 0 Å². The summed E-state index contributed by atoms with van der Waals surface area (Å²) in [7, 11) is 3.41. The van der Waals surface area contributed by atoms with Gasteiger partial charge in [0.25, 0.3) is 5.91 Å². The number of amides is 1. The van der Waals surface area contributed by atoms with Crippen LogP contribution in [-0.2, 0) is 19.1 Å². The summed E-state index contributed by atoms with van der Waals surface area (Å²) in [6.45, 7) is 1.16. The Morgan fingerprint density at radius 3 is 2.97 bits per heavy atom. The highest BCUT2D eigenvalue weighted by atomic mass is 16.5. The number of hydrogen-bond donors (Lipinski definition) is 2. The summed E-state index contributed by atoms with van der Waals surface area (Å²) in [5, 5.41) is 9.17. The van der Waals surface area contributed by atoms with Crippen molar-refractivity contribution in [3.63, 3.8) is 0 Å². The summed E-state index contributed by atoms with van der Waals surface area (Å²) in [5.74, 6) is 0.315. The van der Waals surface area contributed by atoms with Gasteiger partial charge in [0.05, 0.1) is 18.3 Å². The summed E-state index contributed by atoms with van der Waals surface area (Å²) in [6, 6.07) is 1.78. The van der Waals surface area contributed by atoms with Crippen molar-refractivity contribution in [1.82, 2.24) is 20.2 Å². The minimum absolute atomic E-state index is 0.0517. The average Bonchev–Trinajstić information content (AvgIpc) is 3.41. The van der Waals surface area contributed by atoms with Gasteiger partial charge in [0.1, 0.15) is 5.70 Å². The van der Waals surface area contributed by atoms with Gasteiger partial charge in [-0.05, 0) is 43.4 Å². The molecular weight excluding hydrogens is 374 g/mol. The van der Waals surface area contributed by atoms with E-state index in [1.807, 2.05) is 16.8 Å². The highest BCUT2D eigenvalue weighted by Crippen LogP contribution is 2.32. The van der Waals surface area contributed by atoms with E-state index in [-0.39, 0.29) is 24.0 Å². The molecule has 1 amide bonds. The summed E-state index contributed by atoms with van der Waals surface area (Å²) in [5.41, 5.74) is 5.44. The number of carbonyl (C=O) groups excluding carboxylic acids is 2. The second kappa shape index (κ2) is 8.48. The van der Waals surface area contributed by atoms with E-state index >= 15 is 0 Å². The molecule has 0 bridgehead atoms. The molecule has 0 spiro atoms. The maximum absolute atomic E-state index is 12.8. The first-order valence-corrected chi connectivity index (χ1v) is 10.0. The molecule has 1 aromatic rings. The number of rotatable bonds is 6. The maximum atomic E-state index is 12.8. The Morgan fingerprint density at radius 1 is 1.41 bits per heavy atom. The second-order valence-corrected chi connectivity index (χ2v) is 7.57. The predicted octanol–water partition coefficient (Wildman–Crippen LogP) is 1.62. The van der Waals surface area contributed by atoms with E-state index in [1.165, 1.54) is 0 Å². The smallest absolute Gasteiger partial charge is 0.274 e. The van der Waals surface area contributed by atoms with Crippen molar-refractivity contribution >= 4 is 23.1 Å². The van der Waals surface area contributed by atoms with Gasteiger partial charge in [0.15, 0.2) is 17.8 Å². The maximum Gasteiger partial charge on any atom is 0.274 e. The van der Waals surface area contributed by atoms with Crippen LogP contribution in [0.2, 0.25) is 0 Å². The number of methoxy groups -OCH3 is 1. The Balaban J connectivity index is 1.57. The third-order valence-electron chi connectivity index (χ3n) is 5.37. The van der Waals surface area contributed by atoms with Crippen LogP contribution in [0, 0.1) is 0 Å². The molecule has 29 heavy (non-hydrogen) atoms. The molecule has 9 nitrogen and oxygen atoms in total. The van der Waals surface area contributed by atoms with Crippen LogP contribution in [0.15, 0.2) is 23.9 Å². The standard InChI is InChI=1S/C20H27N5O4/c1-24-17(10-14(22-24)12-28-2)20(27)21-18-11-16(13-6-7-15(26)9-13)25(23-18)19-5-3-4-8-29-19/h9-11,14,19,22H,3-8,12H2,1-2H3,(H,21,23,27). The van der Waals surface area contributed by atoms with Gasteiger partial charge in [0.2, 0.25) is 0 Å². The Bertz CT molecular complexity index is 853. The number of nitrogens with zero attached hydrogens (tertiary/aromatic N) is 3. The largest absolute Gasteiger partial charge is 0.383 e. The number of ether oxygens (including phenoxy) is 2. The van der Waals surface area contributed by atoms with Gasteiger partial charge in [-0.2, -0.15) is 5.10 Å². The summed E-state index contributed by atoms with van der Waals surface area (Å²) < 4.78 is 12.9. The second-order valence-electron chi connectivity index (χ2n) is 7.57. The molecule has 0 radical (unpaired) electrons. The lowest BCUT2D eigenvalue weighted by molar-refractivity contribution is -0.115. The number of aromatic nitrogens is 2. The highest BCUT2D eigenvalue weighted by molar-refractivity contribution is 6.04. The fourth-order valence-electron chi connectivity index (χ4n) is 3.96. The molecule has 156 valence electrons. The Morgan fingerprint density at radius 2 is 2.28 bits per heavy atom. The molecule has 1 fully saturated rings. The third-order valence-corrected chi connectivity index (χ3v) is 5.37. The zero-order valence-electron chi connectivity index (χ0n) is 16.8. The molecule has 4 rings (SSSR count). The topological polar surface area (TPSA) is 97.7 Å². The first-order chi connectivity index (χ1) is 14.0. The number of carbonyl (C=O) groups is 2. The number of hydrogen-bond acceptors (Lipinski definition) is 7. The summed E-state index contributed by atoms with van der Waals surface area (Å²) in [6.07, 6.45) is 7.48. The van der Waals surface area contributed by atoms with Crippen LogP contribution in [0.4, 0.5) is 5.82 Å². The Hall–Kier alpha value is -2.49. The number of hydrazine groups is 1. The zero-order valence-corrected chi connectivity index (χ0v) is 16.8. The molecule has 1 aliphatic carbocycles. The van der Waals surface area contributed by atoms with Gasteiger partial charge in [-0.25, -0.2) is 10.1 Å². The fraction of sp³-hybridized carbons (Fsp3) is 0.550. The summed E-state index contributed by atoms with van der Waals surface area (Å²) >= 11 is 0. The molecule has 2 aliphatic heterocycles. The number of nitrogens with one attached hydrogen (secondary N) is 2. The van der Waals surface area contributed by atoms with Crippen LogP contribution in [0.25, 0.3) is 5.57 Å².